The van der Waals surface area contributed by atoms with E-state index in [0.717, 1.165) is 33.8 Å². The number of hydrogen-bond acceptors (Lipinski definition) is 4. The molecule has 0 aliphatic heterocycles. The van der Waals surface area contributed by atoms with Gasteiger partial charge in [0.2, 0.25) is 0 Å². The van der Waals surface area contributed by atoms with E-state index in [2.05, 4.69) is 44.1 Å². The predicted molar refractivity (Wildman–Crippen MR) is 106 cm³/mol. The maximum Gasteiger partial charge on any atom is 0.339 e. The minimum Gasteiger partial charge on any atom is -0.452 e. The fourth-order valence-corrected chi connectivity index (χ4v) is 5.21. The molecule has 132 valence electrons. The summed E-state index contributed by atoms with van der Waals surface area (Å²) in [7, 11) is 0. The first-order chi connectivity index (χ1) is 11.9. The van der Waals surface area contributed by atoms with Gasteiger partial charge in [0.1, 0.15) is 0 Å². The maximum atomic E-state index is 12.3. The standard InChI is InChI=1S/C18H17Br2NO3S/c1-10-2-4-12-13(9-25-16(12)6-10)18(23)24-8-17(22)21-15-5-3-11(19)7-14(15)20/h3,5,7,9-10H,2,4,6,8H2,1H3,(H,21,22). The summed E-state index contributed by atoms with van der Waals surface area (Å²) in [4.78, 5) is 25.6. The Morgan fingerprint density at radius 1 is 1.36 bits per heavy atom. The second-order valence-corrected chi connectivity index (χ2v) is 8.88. The smallest absolute Gasteiger partial charge is 0.339 e. The Hall–Kier alpha value is -1.18. The summed E-state index contributed by atoms with van der Waals surface area (Å²) in [6, 6.07) is 5.43. The summed E-state index contributed by atoms with van der Waals surface area (Å²) < 4.78 is 6.86. The van der Waals surface area contributed by atoms with Crippen molar-refractivity contribution in [2.24, 2.45) is 5.92 Å². The van der Waals surface area contributed by atoms with Gasteiger partial charge in [-0.15, -0.1) is 11.3 Å². The molecular formula is C18H17Br2NO3S. The van der Waals surface area contributed by atoms with Crippen molar-refractivity contribution < 1.29 is 14.3 Å². The third-order valence-electron chi connectivity index (χ3n) is 4.16. The zero-order chi connectivity index (χ0) is 18.0. The fraction of sp³-hybridized carbons (Fsp3) is 0.333. The Bertz CT molecular complexity index is 819. The van der Waals surface area contributed by atoms with Gasteiger partial charge in [-0.1, -0.05) is 22.9 Å². The van der Waals surface area contributed by atoms with Crippen LogP contribution in [-0.2, 0) is 22.4 Å². The van der Waals surface area contributed by atoms with Crippen LogP contribution in [0, 0.1) is 5.92 Å². The van der Waals surface area contributed by atoms with Gasteiger partial charge in [-0.2, -0.15) is 0 Å². The highest BCUT2D eigenvalue weighted by molar-refractivity contribution is 9.11. The predicted octanol–water partition coefficient (Wildman–Crippen LogP) is 5.19. The summed E-state index contributed by atoms with van der Waals surface area (Å²) >= 11 is 8.35. The van der Waals surface area contributed by atoms with E-state index in [-0.39, 0.29) is 12.5 Å². The van der Waals surface area contributed by atoms with E-state index >= 15 is 0 Å². The molecule has 0 spiro atoms. The molecule has 0 radical (unpaired) electrons. The number of amides is 1. The topological polar surface area (TPSA) is 55.4 Å². The molecule has 1 aromatic heterocycles. The van der Waals surface area contributed by atoms with Crippen molar-refractivity contribution in [3.05, 3.63) is 48.5 Å². The van der Waals surface area contributed by atoms with E-state index in [9.17, 15) is 9.59 Å². The lowest BCUT2D eigenvalue weighted by atomic mass is 9.88. The van der Waals surface area contributed by atoms with Crippen molar-refractivity contribution in [2.75, 3.05) is 11.9 Å². The van der Waals surface area contributed by atoms with Crippen LogP contribution in [0.15, 0.2) is 32.5 Å². The first-order valence-electron chi connectivity index (χ1n) is 7.95. The normalized spacial score (nSPS) is 16.2. The van der Waals surface area contributed by atoms with E-state index in [1.165, 1.54) is 4.88 Å². The molecule has 1 amide bonds. The minimum absolute atomic E-state index is 0.303. The molecule has 1 aromatic carbocycles. The van der Waals surface area contributed by atoms with Crippen LogP contribution >= 0.6 is 43.2 Å². The number of halogens is 2. The van der Waals surface area contributed by atoms with Crippen LogP contribution in [0.2, 0.25) is 0 Å². The Kier molecular flexibility index (Phi) is 5.96. The van der Waals surface area contributed by atoms with Gasteiger partial charge in [-0.3, -0.25) is 4.79 Å². The van der Waals surface area contributed by atoms with Gasteiger partial charge in [-0.25, -0.2) is 4.79 Å². The molecule has 3 rings (SSSR count). The minimum atomic E-state index is -0.419. The van der Waals surface area contributed by atoms with Gasteiger partial charge in [-0.05, 0) is 64.9 Å². The van der Waals surface area contributed by atoms with Gasteiger partial charge in [0, 0.05) is 19.2 Å². The van der Waals surface area contributed by atoms with E-state index in [1.807, 2.05) is 17.5 Å². The first-order valence-corrected chi connectivity index (χ1v) is 10.4. The van der Waals surface area contributed by atoms with E-state index in [4.69, 9.17) is 4.74 Å². The Morgan fingerprint density at radius 2 is 2.16 bits per heavy atom. The number of carbonyl (C=O) groups excluding carboxylic acids is 2. The van der Waals surface area contributed by atoms with Crippen LogP contribution in [0.3, 0.4) is 0 Å². The number of hydrogen-bond donors (Lipinski definition) is 1. The summed E-state index contributed by atoms with van der Waals surface area (Å²) in [5.41, 5.74) is 2.35. The largest absolute Gasteiger partial charge is 0.452 e. The molecule has 0 saturated carbocycles. The molecule has 25 heavy (non-hydrogen) atoms. The number of esters is 1. The van der Waals surface area contributed by atoms with E-state index in [0.29, 0.717) is 17.2 Å². The fourth-order valence-electron chi connectivity index (χ4n) is 2.83. The average molecular weight is 487 g/mol. The molecule has 7 heteroatoms. The SMILES string of the molecule is CC1CCc2c(C(=O)OCC(=O)Nc3ccc(Br)cc3Br)csc2C1. The molecule has 4 nitrogen and oxygen atoms in total. The second-order valence-electron chi connectivity index (χ2n) is 6.15. The number of thiophene rings is 1. The van der Waals surface area contributed by atoms with Crippen molar-refractivity contribution in [1.29, 1.82) is 0 Å². The number of nitrogens with one attached hydrogen (secondary N) is 1. The van der Waals surface area contributed by atoms with Crippen molar-refractivity contribution in [3.8, 4) is 0 Å². The van der Waals surface area contributed by atoms with Crippen LogP contribution in [0.25, 0.3) is 0 Å². The highest BCUT2D eigenvalue weighted by Crippen LogP contribution is 2.33. The first kappa shape index (κ1) is 18.6. The summed E-state index contributed by atoms with van der Waals surface area (Å²) in [6.45, 7) is 1.92. The number of anilines is 1. The quantitative estimate of drug-likeness (QED) is 0.604. The second kappa shape index (κ2) is 8.01. The number of fused-ring (bicyclic) bond motifs is 1. The molecule has 2 aromatic rings. The van der Waals surface area contributed by atoms with E-state index in [1.54, 1.807) is 17.4 Å². The summed E-state index contributed by atoms with van der Waals surface area (Å²) in [6.07, 6.45) is 3.01. The van der Waals surface area contributed by atoms with Crippen LogP contribution in [0.1, 0.15) is 34.1 Å². The third kappa shape index (κ3) is 4.51. The van der Waals surface area contributed by atoms with E-state index < -0.39 is 5.97 Å². The lowest BCUT2D eigenvalue weighted by Crippen LogP contribution is -2.21. The van der Waals surface area contributed by atoms with Crippen molar-refractivity contribution in [3.63, 3.8) is 0 Å². The molecule has 1 N–H and O–H groups in total. The zero-order valence-electron chi connectivity index (χ0n) is 13.6. The Labute approximate surface area is 167 Å². The monoisotopic (exact) mass is 485 g/mol. The number of carbonyl (C=O) groups is 2. The molecule has 1 aliphatic rings. The third-order valence-corrected chi connectivity index (χ3v) is 6.36. The Morgan fingerprint density at radius 3 is 2.92 bits per heavy atom. The summed E-state index contributed by atoms with van der Waals surface area (Å²) in [5.74, 6) is -0.128. The average Bonchev–Trinajstić information content (AvgIpc) is 2.98. The molecule has 0 saturated heterocycles. The van der Waals surface area contributed by atoms with Crippen LogP contribution < -0.4 is 5.32 Å². The highest BCUT2D eigenvalue weighted by Gasteiger charge is 2.24. The molecule has 0 bridgehead atoms. The van der Waals surface area contributed by atoms with Gasteiger partial charge in [0.15, 0.2) is 6.61 Å². The molecule has 1 atom stereocenters. The van der Waals surface area contributed by atoms with Crippen LogP contribution in [0.4, 0.5) is 5.69 Å². The molecule has 1 unspecified atom stereocenters. The van der Waals surface area contributed by atoms with Crippen LogP contribution in [-0.4, -0.2) is 18.5 Å². The molecule has 0 fully saturated rings. The molecule has 1 heterocycles. The molecule has 1 aliphatic carbocycles. The summed E-state index contributed by atoms with van der Waals surface area (Å²) in [5, 5.41) is 4.58. The zero-order valence-corrected chi connectivity index (χ0v) is 17.6. The molecular weight excluding hydrogens is 470 g/mol. The van der Waals surface area contributed by atoms with Crippen molar-refractivity contribution in [2.45, 2.75) is 26.2 Å². The lowest BCUT2D eigenvalue weighted by molar-refractivity contribution is -0.119. The maximum absolute atomic E-state index is 12.3. The Balaban J connectivity index is 1.58. The van der Waals surface area contributed by atoms with Crippen molar-refractivity contribution in [1.82, 2.24) is 0 Å². The van der Waals surface area contributed by atoms with Crippen molar-refractivity contribution >= 4 is 60.8 Å². The van der Waals surface area contributed by atoms with Gasteiger partial charge < -0.3 is 10.1 Å². The number of benzene rings is 1. The highest BCUT2D eigenvalue weighted by atomic mass is 79.9. The van der Waals surface area contributed by atoms with Gasteiger partial charge in [0.25, 0.3) is 5.91 Å². The number of ether oxygens (including phenoxy) is 1. The van der Waals surface area contributed by atoms with Gasteiger partial charge in [0.05, 0.1) is 11.3 Å². The van der Waals surface area contributed by atoms with Gasteiger partial charge >= 0.3 is 5.97 Å². The van der Waals surface area contributed by atoms with Crippen LogP contribution in [0.5, 0.6) is 0 Å². The lowest BCUT2D eigenvalue weighted by Gasteiger charge is -2.18. The number of rotatable bonds is 4.